The van der Waals surface area contributed by atoms with Gasteiger partial charge >= 0.3 is 0 Å². The quantitative estimate of drug-likeness (QED) is 0.752. The fourth-order valence-corrected chi connectivity index (χ4v) is 3.04. The lowest BCUT2D eigenvalue weighted by molar-refractivity contribution is 0.0823. The van der Waals surface area contributed by atoms with Crippen molar-refractivity contribution in [2.24, 2.45) is 0 Å². The monoisotopic (exact) mass is 336 g/mol. The van der Waals surface area contributed by atoms with Gasteiger partial charge in [0.1, 0.15) is 11.4 Å². The smallest absolute Gasteiger partial charge is 0.269 e. The molecule has 0 radical (unpaired) electrons. The Bertz CT molecular complexity index is 923. The molecule has 0 spiro atoms. The van der Waals surface area contributed by atoms with Gasteiger partial charge in [0.05, 0.1) is 7.11 Å². The van der Waals surface area contributed by atoms with Gasteiger partial charge in [-0.1, -0.05) is 38.1 Å². The van der Waals surface area contributed by atoms with Crippen LogP contribution >= 0.6 is 0 Å². The normalized spacial score (nSPS) is 11.1. The Kier molecular flexibility index (Phi) is 4.53. The van der Waals surface area contributed by atoms with Crippen molar-refractivity contribution in [2.45, 2.75) is 19.8 Å². The third-order valence-electron chi connectivity index (χ3n) is 4.46. The number of methoxy groups -OCH3 is 1. The van der Waals surface area contributed by atoms with Crippen LogP contribution < -0.4 is 4.74 Å². The van der Waals surface area contributed by atoms with E-state index in [2.05, 4.69) is 37.0 Å². The van der Waals surface area contributed by atoms with Gasteiger partial charge in [0.25, 0.3) is 5.91 Å². The summed E-state index contributed by atoms with van der Waals surface area (Å²) in [6.07, 6.45) is 0. The first-order valence-electron chi connectivity index (χ1n) is 8.44. The zero-order valence-corrected chi connectivity index (χ0v) is 15.4. The van der Waals surface area contributed by atoms with E-state index in [9.17, 15) is 4.79 Å². The van der Waals surface area contributed by atoms with E-state index in [1.54, 1.807) is 26.1 Å². The average Bonchev–Trinajstić information content (AvgIpc) is 3.03. The molecule has 25 heavy (non-hydrogen) atoms. The predicted octanol–water partition coefficient (Wildman–Crippen LogP) is 4.67. The van der Waals surface area contributed by atoms with Crippen molar-refractivity contribution in [2.75, 3.05) is 21.2 Å². The maximum absolute atomic E-state index is 12.4. The number of carbonyl (C=O) groups excluding carboxylic acids is 1. The minimum absolute atomic E-state index is 0.0340. The molecule has 3 rings (SSSR count). The number of para-hydroxylation sites is 1. The van der Waals surface area contributed by atoms with Crippen LogP contribution in [0.3, 0.4) is 0 Å². The van der Waals surface area contributed by atoms with Crippen molar-refractivity contribution in [3.63, 3.8) is 0 Å². The van der Waals surface area contributed by atoms with E-state index < -0.39 is 0 Å². The molecule has 0 unspecified atom stereocenters. The standard InChI is InChI=1S/C21H24N2O2/c1-13(2)14-10-16(15-8-6-7-9-20(15)25-5)17-12-19(21(24)23(3)4)22-18(17)11-14/h6-13,22H,1-5H3. The van der Waals surface area contributed by atoms with Gasteiger partial charge in [-0.2, -0.15) is 0 Å². The Hall–Kier alpha value is -2.75. The maximum Gasteiger partial charge on any atom is 0.269 e. The van der Waals surface area contributed by atoms with Crippen molar-refractivity contribution in [3.05, 3.63) is 53.7 Å². The van der Waals surface area contributed by atoms with Crippen LogP contribution in [0.4, 0.5) is 0 Å². The summed E-state index contributed by atoms with van der Waals surface area (Å²) < 4.78 is 5.56. The second-order valence-electron chi connectivity index (χ2n) is 6.77. The van der Waals surface area contributed by atoms with E-state index in [-0.39, 0.29) is 5.91 Å². The lowest BCUT2D eigenvalue weighted by Crippen LogP contribution is -2.21. The zero-order valence-electron chi connectivity index (χ0n) is 15.4. The molecule has 0 saturated heterocycles. The van der Waals surface area contributed by atoms with Gasteiger partial charge in [-0.25, -0.2) is 0 Å². The molecular formula is C21H24N2O2. The molecule has 0 bridgehead atoms. The Morgan fingerprint density at radius 2 is 1.80 bits per heavy atom. The minimum Gasteiger partial charge on any atom is -0.496 e. The molecule has 0 aliphatic rings. The van der Waals surface area contributed by atoms with E-state index in [4.69, 9.17) is 4.74 Å². The van der Waals surface area contributed by atoms with E-state index in [0.29, 0.717) is 11.6 Å². The van der Waals surface area contributed by atoms with Crippen molar-refractivity contribution < 1.29 is 9.53 Å². The topological polar surface area (TPSA) is 45.3 Å². The number of benzene rings is 2. The van der Waals surface area contributed by atoms with Gasteiger partial charge in [-0.15, -0.1) is 0 Å². The van der Waals surface area contributed by atoms with Crippen LogP contribution in [0.1, 0.15) is 35.8 Å². The fraction of sp³-hybridized carbons (Fsp3) is 0.286. The van der Waals surface area contributed by atoms with E-state index in [0.717, 1.165) is 27.8 Å². The van der Waals surface area contributed by atoms with Crippen molar-refractivity contribution in [1.29, 1.82) is 0 Å². The van der Waals surface area contributed by atoms with Crippen LogP contribution in [-0.4, -0.2) is 37.0 Å². The third kappa shape index (κ3) is 3.12. The molecule has 0 aliphatic carbocycles. The van der Waals surface area contributed by atoms with Crippen LogP contribution in [0.15, 0.2) is 42.5 Å². The van der Waals surface area contributed by atoms with Crippen LogP contribution in [-0.2, 0) is 0 Å². The number of carbonyl (C=O) groups is 1. The number of hydrogen-bond donors (Lipinski definition) is 1. The Labute approximate surface area is 148 Å². The Morgan fingerprint density at radius 1 is 1.08 bits per heavy atom. The van der Waals surface area contributed by atoms with Gasteiger partial charge < -0.3 is 14.6 Å². The SMILES string of the molecule is COc1ccccc1-c1cc(C(C)C)cc2[nH]c(C(=O)N(C)C)cc12. The molecule has 130 valence electrons. The summed E-state index contributed by atoms with van der Waals surface area (Å²) in [5.41, 5.74) is 4.89. The molecule has 1 amide bonds. The first-order valence-corrected chi connectivity index (χ1v) is 8.44. The van der Waals surface area contributed by atoms with Crippen molar-refractivity contribution in [3.8, 4) is 16.9 Å². The van der Waals surface area contributed by atoms with Gasteiger partial charge in [0.15, 0.2) is 0 Å². The summed E-state index contributed by atoms with van der Waals surface area (Å²) in [5, 5.41) is 1.03. The molecule has 2 aromatic carbocycles. The van der Waals surface area contributed by atoms with E-state index >= 15 is 0 Å². The number of aromatic nitrogens is 1. The van der Waals surface area contributed by atoms with Gasteiger partial charge in [0, 0.05) is 30.6 Å². The van der Waals surface area contributed by atoms with E-state index in [1.165, 1.54) is 5.56 Å². The number of H-pyrrole nitrogens is 1. The molecule has 1 heterocycles. The molecule has 0 fully saturated rings. The van der Waals surface area contributed by atoms with Crippen molar-refractivity contribution >= 4 is 16.8 Å². The number of fused-ring (bicyclic) bond motifs is 1. The highest BCUT2D eigenvalue weighted by molar-refractivity contribution is 6.03. The van der Waals surface area contributed by atoms with Crippen LogP contribution in [0, 0.1) is 0 Å². The molecule has 1 N–H and O–H groups in total. The molecule has 0 atom stereocenters. The third-order valence-corrected chi connectivity index (χ3v) is 4.46. The van der Waals surface area contributed by atoms with Crippen LogP contribution in [0.25, 0.3) is 22.0 Å². The molecule has 3 aromatic rings. The number of nitrogens with one attached hydrogen (secondary N) is 1. The first-order chi connectivity index (χ1) is 11.9. The highest BCUT2D eigenvalue weighted by Crippen LogP contribution is 2.37. The lowest BCUT2D eigenvalue weighted by Gasteiger charge is -2.13. The Morgan fingerprint density at radius 3 is 2.44 bits per heavy atom. The largest absolute Gasteiger partial charge is 0.496 e. The molecular weight excluding hydrogens is 312 g/mol. The van der Waals surface area contributed by atoms with E-state index in [1.807, 2.05) is 24.3 Å². The average molecular weight is 336 g/mol. The summed E-state index contributed by atoms with van der Waals surface area (Å²) in [5.74, 6) is 1.17. The minimum atomic E-state index is -0.0340. The Balaban J connectivity index is 2.30. The second kappa shape index (κ2) is 6.63. The number of nitrogens with zero attached hydrogens (tertiary/aromatic N) is 1. The van der Waals surface area contributed by atoms with Gasteiger partial charge in [-0.05, 0) is 35.2 Å². The highest BCUT2D eigenvalue weighted by Gasteiger charge is 2.17. The number of aromatic amines is 1. The first kappa shape index (κ1) is 17.1. The number of amides is 1. The fourth-order valence-electron chi connectivity index (χ4n) is 3.04. The zero-order chi connectivity index (χ0) is 18.1. The molecule has 0 saturated carbocycles. The number of ether oxygens (including phenoxy) is 1. The lowest BCUT2D eigenvalue weighted by atomic mass is 9.94. The molecule has 4 heteroatoms. The van der Waals surface area contributed by atoms with Gasteiger partial charge in [0.2, 0.25) is 0 Å². The second-order valence-corrected chi connectivity index (χ2v) is 6.77. The summed E-state index contributed by atoms with van der Waals surface area (Å²) in [7, 11) is 5.20. The van der Waals surface area contributed by atoms with Crippen LogP contribution in [0.2, 0.25) is 0 Å². The summed E-state index contributed by atoms with van der Waals surface area (Å²) in [4.78, 5) is 17.2. The van der Waals surface area contributed by atoms with Gasteiger partial charge in [-0.3, -0.25) is 4.79 Å². The molecule has 0 aliphatic heterocycles. The maximum atomic E-state index is 12.4. The highest BCUT2D eigenvalue weighted by atomic mass is 16.5. The number of rotatable bonds is 4. The number of hydrogen-bond acceptors (Lipinski definition) is 2. The van der Waals surface area contributed by atoms with Crippen molar-refractivity contribution in [1.82, 2.24) is 9.88 Å². The summed E-state index contributed by atoms with van der Waals surface area (Å²) in [6, 6.07) is 14.2. The predicted molar refractivity (Wildman–Crippen MR) is 102 cm³/mol. The molecule has 4 nitrogen and oxygen atoms in total. The summed E-state index contributed by atoms with van der Waals surface area (Å²) in [6.45, 7) is 4.34. The summed E-state index contributed by atoms with van der Waals surface area (Å²) >= 11 is 0. The van der Waals surface area contributed by atoms with Crippen LogP contribution in [0.5, 0.6) is 5.75 Å². The molecule has 1 aromatic heterocycles.